The van der Waals surface area contributed by atoms with Gasteiger partial charge in [0.25, 0.3) is 5.60 Å². The van der Waals surface area contributed by atoms with Gasteiger partial charge in [-0.05, 0) is 34.3 Å². The summed E-state index contributed by atoms with van der Waals surface area (Å²) in [5.74, 6) is 0.569. The Morgan fingerprint density at radius 2 is 1.68 bits per heavy atom. The molecule has 16 heteroatoms. The number of ether oxygens (including phenoxy) is 4. The largest absolute Gasteiger partial charge is 0.479 e. The number of nitrogens with two attached hydrogens (primary N) is 1. The SMILES string of the molecule is COc1nc(N)nc2c1ncn2[C@@H]1O[C@@H]2CO[Si](C(C)C)(C(C)C)O[Si](C(C)C)(C(C)C)O[C@H]2C1(C#N)OC(=S)Oc1ccccc1. The summed E-state index contributed by atoms with van der Waals surface area (Å²) in [4.78, 5) is 13.1. The second-order valence-electron chi connectivity index (χ2n) is 13.1. The third-order valence-electron chi connectivity index (χ3n) is 8.98. The molecule has 254 valence electrons. The van der Waals surface area contributed by atoms with Gasteiger partial charge in [-0.1, -0.05) is 73.6 Å². The van der Waals surface area contributed by atoms with Gasteiger partial charge in [0.05, 0.1) is 20.0 Å². The molecule has 1 aromatic carbocycles. The van der Waals surface area contributed by atoms with E-state index in [1.165, 1.54) is 13.4 Å². The average molecular weight is 701 g/mol. The highest BCUT2D eigenvalue weighted by Crippen LogP contribution is 2.52. The Balaban J connectivity index is 1.71. The minimum atomic E-state index is -3.24. The van der Waals surface area contributed by atoms with Crippen molar-refractivity contribution in [2.75, 3.05) is 19.5 Å². The molecule has 3 aromatic rings. The lowest BCUT2D eigenvalue weighted by Crippen LogP contribution is -2.67. The molecule has 0 saturated carbocycles. The van der Waals surface area contributed by atoms with E-state index in [4.69, 9.17) is 49.9 Å². The summed E-state index contributed by atoms with van der Waals surface area (Å²) >= 11 is 5.63. The fourth-order valence-electron chi connectivity index (χ4n) is 6.66. The van der Waals surface area contributed by atoms with Crippen LogP contribution in [-0.2, 0) is 22.4 Å². The summed E-state index contributed by atoms with van der Waals surface area (Å²) in [5, 5.41) is 10.9. The summed E-state index contributed by atoms with van der Waals surface area (Å²) < 4.78 is 47.8. The van der Waals surface area contributed by atoms with Crippen LogP contribution in [0.1, 0.15) is 61.6 Å². The van der Waals surface area contributed by atoms with Crippen LogP contribution in [0.25, 0.3) is 11.2 Å². The summed E-state index contributed by atoms with van der Waals surface area (Å²) in [6.07, 6.45) is -1.49. The van der Waals surface area contributed by atoms with Crippen molar-refractivity contribution < 1.29 is 31.9 Å². The molecule has 13 nitrogen and oxygen atoms in total. The molecule has 2 N–H and O–H groups in total. The zero-order valence-electron chi connectivity index (χ0n) is 28.3. The second-order valence-corrected chi connectivity index (χ2v) is 22.3. The van der Waals surface area contributed by atoms with Gasteiger partial charge in [-0.2, -0.15) is 15.2 Å². The number of imidazole rings is 1. The van der Waals surface area contributed by atoms with Crippen LogP contribution < -0.4 is 15.2 Å². The maximum atomic E-state index is 11.2. The number of rotatable bonds is 8. The Morgan fingerprint density at radius 3 is 2.26 bits per heavy atom. The third kappa shape index (κ3) is 6.03. The molecule has 1 unspecified atom stereocenters. The van der Waals surface area contributed by atoms with Gasteiger partial charge in [0, 0.05) is 12.2 Å². The lowest BCUT2D eigenvalue weighted by Gasteiger charge is -2.51. The molecule has 4 heterocycles. The number of para-hydroxylation sites is 1. The summed E-state index contributed by atoms with van der Waals surface area (Å²) in [5.41, 5.74) is 4.92. The van der Waals surface area contributed by atoms with Crippen molar-refractivity contribution >= 4 is 51.7 Å². The van der Waals surface area contributed by atoms with Crippen LogP contribution in [0, 0.1) is 11.3 Å². The lowest BCUT2D eigenvalue weighted by molar-refractivity contribution is -0.0698. The summed E-state index contributed by atoms with van der Waals surface area (Å²) in [6, 6.07) is 11.3. The van der Waals surface area contributed by atoms with Crippen molar-refractivity contribution in [1.82, 2.24) is 19.5 Å². The molecule has 0 aliphatic carbocycles. The van der Waals surface area contributed by atoms with E-state index in [1.807, 2.05) is 18.2 Å². The summed E-state index contributed by atoms with van der Waals surface area (Å²) in [7, 11) is -4.70. The third-order valence-corrected chi connectivity index (χ3v) is 19.4. The van der Waals surface area contributed by atoms with E-state index < -0.39 is 41.2 Å². The van der Waals surface area contributed by atoms with Crippen LogP contribution >= 0.6 is 12.2 Å². The van der Waals surface area contributed by atoms with Gasteiger partial charge in [0.2, 0.25) is 11.8 Å². The topological polar surface area (TPSA) is 158 Å². The Labute approximate surface area is 283 Å². The Kier molecular flexibility index (Phi) is 10.0. The molecule has 2 saturated heterocycles. The predicted octanol–water partition coefficient (Wildman–Crippen LogP) is 5.91. The number of nitrogen functional groups attached to an aromatic ring is 1. The van der Waals surface area contributed by atoms with Crippen LogP contribution in [0.5, 0.6) is 11.6 Å². The molecular weight excluding hydrogens is 657 g/mol. The van der Waals surface area contributed by atoms with E-state index in [0.29, 0.717) is 11.3 Å². The van der Waals surface area contributed by atoms with Crippen molar-refractivity contribution in [1.29, 1.82) is 5.26 Å². The van der Waals surface area contributed by atoms with Crippen molar-refractivity contribution in [3.63, 3.8) is 0 Å². The van der Waals surface area contributed by atoms with Crippen molar-refractivity contribution in [2.24, 2.45) is 0 Å². The zero-order valence-corrected chi connectivity index (χ0v) is 31.1. The van der Waals surface area contributed by atoms with E-state index in [1.54, 1.807) is 16.7 Å². The van der Waals surface area contributed by atoms with E-state index in [9.17, 15) is 5.26 Å². The first kappa shape index (κ1) is 35.1. The van der Waals surface area contributed by atoms with Crippen LogP contribution in [0.15, 0.2) is 36.7 Å². The first-order valence-corrected chi connectivity index (χ1v) is 20.2. The number of hydrogen-bond acceptors (Lipinski definition) is 13. The van der Waals surface area contributed by atoms with Gasteiger partial charge in [-0.15, -0.1) is 0 Å². The highest BCUT2D eigenvalue weighted by atomic mass is 32.1. The van der Waals surface area contributed by atoms with Crippen molar-refractivity contribution in [3.05, 3.63) is 36.7 Å². The molecule has 5 rings (SSSR count). The minimum absolute atomic E-state index is 0.0249. The van der Waals surface area contributed by atoms with E-state index in [0.717, 1.165) is 0 Å². The van der Waals surface area contributed by atoms with Gasteiger partial charge in [0.1, 0.15) is 24.0 Å². The fraction of sp³-hybridized carbons (Fsp3) is 0.581. The van der Waals surface area contributed by atoms with Gasteiger partial charge in [0.15, 0.2) is 17.4 Å². The predicted molar refractivity (Wildman–Crippen MR) is 183 cm³/mol. The Morgan fingerprint density at radius 1 is 1.04 bits per heavy atom. The smallest absolute Gasteiger partial charge is 0.359 e. The molecule has 2 aliphatic rings. The average Bonchev–Trinajstić information content (AvgIpc) is 3.55. The normalized spacial score (nSPS) is 25.4. The van der Waals surface area contributed by atoms with Crippen LogP contribution in [0.2, 0.25) is 22.2 Å². The molecule has 4 atom stereocenters. The first-order valence-electron chi connectivity index (χ1n) is 15.8. The summed E-state index contributed by atoms with van der Waals surface area (Å²) in [6.45, 7) is 17.1. The van der Waals surface area contributed by atoms with Crippen molar-refractivity contribution in [2.45, 2.75) is 102 Å². The maximum Gasteiger partial charge on any atom is 0.359 e. The number of thiocarbonyl (C=S) groups is 1. The van der Waals surface area contributed by atoms with Gasteiger partial charge < -0.3 is 37.6 Å². The minimum Gasteiger partial charge on any atom is -0.479 e. The molecule has 2 fully saturated rings. The molecule has 2 aliphatic heterocycles. The van der Waals surface area contributed by atoms with Gasteiger partial charge in [-0.3, -0.25) is 4.57 Å². The molecule has 47 heavy (non-hydrogen) atoms. The first-order chi connectivity index (χ1) is 22.2. The number of benzene rings is 1. The molecule has 0 radical (unpaired) electrons. The van der Waals surface area contributed by atoms with Crippen molar-refractivity contribution in [3.8, 4) is 17.7 Å². The molecule has 0 amide bonds. The number of nitrogens with zero attached hydrogens (tertiary/aromatic N) is 5. The standard InChI is InChI=1S/C31H44N6O7SSi2/c1-18(2)46(19(3)4)39-15-23-25(43-47(44-46,20(5)6)21(7)8)31(16-32,42-30(45)40-22-13-11-10-12-14-22)28(41-23)37-17-34-24-26(37)35-29(33)36-27(24)38-9/h10-14,17-21,23,25,28H,15H2,1-9H3,(H2,33,35,36)/t23-,25-,28-,31?/m1/s1. The van der Waals surface area contributed by atoms with Crippen LogP contribution in [-0.4, -0.2) is 73.4 Å². The fourth-order valence-corrected chi connectivity index (χ4v) is 18.1. The van der Waals surface area contributed by atoms with Crippen LogP contribution in [0.4, 0.5) is 5.95 Å². The highest BCUT2D eigenvalue weighted by Gasteiger charge is 2.68. The number of hydrogen-bond donors (Lipinski definition) is 1. The second kappa shape index (κ2) is 13.4. The highest BCUT2D eigenvalue weighted by molar-refractivity contribution is 7.79. The number of aromatic nitrogens is 4. The molecule has 0 bridgehead atoms. The zero-order chi connectivity index (χ0) is 34.3. The maximum absolute atomic E-state index is 11.2. The molecular formula is C31H44N6O7SSi2. The van der Waals surface area contributed by atoms with E-state index in [2.05, 4.69) is 76.4 Å². The van der Waals surface area contributed by atoms with Gasteiger partial charge >= 0.3 is 22.4 Å². The molecule has 2 aromatic heterocycles. The van der Waals surface area contributed by atoms with Gasteiger partial charge in [-0.25, -0.2) is 4.98 Å². The Hall–Kier alpha value is -3.18. The number of anilines is 1. The monoisotopic (exact) mass is 700 g/mol. The quantitative estimate of drug-likeness (QED) is 0.218. The number of methoxy groups -OCH3 is 1. The molecule has 0 spiro atoms. The van der Waals surface area contributed by atoms with E-state index >= 15 is 0 Å². The van der Waals surface area contributed by atoms with E-state index in [-0.39, 0.29) is 51.5 Å². The number of fused-ring (bicyclic) bond motifs is 2. The lowest BCUT2D eigenvalue weighted by atomic mass is 9.95. The van der Waals surface area contributed by atoms with Crippen LogP contribution in [0.3, 0.4) is 0 Å². The number of nitriles is 1. The Bertz CT molecular complexity index is 1620.